The van der Waals surface area contributed by atoms with Crippen LogP contribution in [0.2, 0.25) is 0 Å². The summed E-state index contributed by atoms with van der Waals surface area (Å²) in [5.74, 6) is 0.211. The van der Waals surface area contributed by atoms with Crippen molar-refractivity contribution in [3.05, 3.63) is 78.4 Å². The first-order valence-electron chi connectivity index (χ1n) is 11.8. The molecule has 0 heterocycles. The van der Waals surface area contributed by atoms with Crippen LogP contribution in [0.15, 0.2) is 82.8 Å². The van der Waals surface area contributed by atoms with Crippen molar-refractivity contribution in [2.75, 3.05) is 43.1 Å². The summed E-state index contributed by atoms with van der Waals surface area (Å²) in [5, 5.41) is 4.02. The first kappa shape index (κ1) is 27.5. The van der Waals surface area contributed by atoms with Crippen LogP contribution in [0.3, 0.4) is 0 Å². The molecule has 3 aromatic rings. The van der Waals surface area contributed by atoms with Gasteiger partial charge in [-0.3, -0.25) is 9.10 Å². The lowest BCUT2D eigenvalue weighted by atomic mass is 10.2. The van der Waals surface area contributed by atoms with E-state index in [1.54, 1.807) is 36.4 Å². The molecule has 0 bridgehead atoms. The lowest BCUT2D eigenvalue weighted by Crippen LogP contribution is -2.39. The van der Waals surface area contributed by atoms with Crippen LogP contribution in [0.5, 0.6) is 11.5 Å². The van der Waals surface area contributed by atoms with Gasteiger partial charge in [0, 0.05) is 18.8 Å². The highest BCUT2D eigenvalue weighted by molar-refractivity contribution is 7.92. The maximum absolute atomic E-state index is 13.6. The summed E-state index contributed by atoms with van der Waals surface area (Å²) >= 11 is 0. The third-order valence-corrected chi connectivity index (χ3v) is 7.49. The molecule has 196 valence electrons. The Morgan fingerprint density at radius 3 is 2.16 bits per heavy atom. The second-order valence-electron chi connectivity index (χ2n) is 7.92. The molecule has 0 aromatic heterocycles. The molecule has 0 saturated heterocycles. The Labute approximate surface area is 218 Å². The molecule has 3 aromatic carbocycles. The molecule has 0 aliphatic carbocycles. The highest BCUT2D eigenvalue weighted by atomic mass is 32.2. The van der Waals surface area contributed by atoms with E-state index in [1.165, 1.54) is 32.6 Å². The Hall–Kier alpha value is -4.05. The van der Waals surface area contributed by atoms with Crippen molar-refractivity contribution in [1.82, 2.24) is 5.43 Å². The summed E-state index contributed by atoms with van der Waals surface area (Å²) in [4.78, 5) is 15.0. The normalized spacial score (nSPS) is 11.2. The van der Waals surface area contributed by atoms with Gasteiger partial charge in [0.2, 0.25) is 0 Å². The van der Waals surface area contributed by atoms with E-state index in [0.717, 1.165) is 28.6 Å². The molecule has 0 radical (unpaired) electrons. The summed E-state index contributed by atoms with van der Waals surface area (Å²) < 4.78 is 38.6. The highest BCUT2D eigenvalue weighted by Crippen LogP contribution is 2.32. The van der Waals surface area contributed by atoms with Crippen LogP contribution >= 0.6 is 0 Å². The fourth-order valence-corrected chi connectivity index (χ4v) is 5.15. The lowest BCUT2D eigenvalue weighted by molar-refractivity contribution is -0.119. The molecular weight excluding hydrogens is 492 g/mol. The number of carbonyl (C=O) groups is 1. The summed E-state index contributed by atoms with van der Waals surface area (Å²) in [6.07, 6.45) is 1.51. The van der Waals surface area contributed by atoms with Gasteiger partial charge in [-0.25, -0.2) is 13.8 Å². The molecule has 0 saturated carbocycles. The molecule has 0 fully saturated rings. The minimum Gasteiger partial charge on any atom is -0.497 e. The monoisotopic (exact) mass is 524 g/mol. The minimum absolute atomic E-state index is 0.00352. The third-order valence-electron chi connectivity index (χ3n) is 5.71. The van der Waals surface area contributed by atoms with Crippen LogP contribution in [0.25, 0.3) is 0 Å². The van der Waals surface area contributed by atoms with Crippen LogP contribution in [-0.4, -0.2) is 54.4 Å². The van der Waals surface area contributed by atoms with Crippen LogP contribution in [-0.2, 0) is 14.8 Å². The Kier molecular flexibility index (Phi) is 9.51. The van der Waals surface area contributed by atoms with Gasteiger partial charge in [-0.05, 0) is 67.9 Å². The molecule has 0 unspecified atom stereocenters. The summed E-state index contributed by atoms with van der Waals surface area (Å²) in [6.45, 7) is 5.49. The number of hydrogen-bond acceptors (Lipinski definition) is 7. The van der Waals surface area contributed by atoms with E-state index < -0.39 is 22.5 Å². The van der Waals surface area contributed by atoms with Crippen molar-refractivity contribution in [3.63, 3.8) is 0 Å². The molecule has 10 heteroatoms. The van der Waals surface area contributed by atoms with E-state index in [0.29, 0.717) is 11.5 Å². The zero-order chi connectivity index (χ0) is 26.8. The molecule has 0 aliphatic heterocycles. The lowest BCUT2D eigenvalue weighted by Gasteiger charge is -2.25. The van der Waals surface area contributed by atoms with E-state index in [4.69, 9.17) is 9.47 Å². The van der Waals surface area contributed by atoms with Crippen molar-refractivity contribution in [3.8, 4) is 11.5 Å². The van der Waals surface area contributed by atoms with Gasteiger partial charge in [-0.15, -0.1) is 0 Å². The van der Waals surface area contributed by atoms with Crippen molar-refractivity contribution >= 4 is 33.5 Å². The number of methoxy groups -OCH3 is 2. The number of nitrogens with one attached hydrogen (secondary N) is 1. The number of para-hydroxylation sites is 2. The minimum atomic E-state index is -4.12. The predicted molar refractivity (Wildman–Crippen MR) is 146 cm³/mol. The van der Waals surface area contributed by atoms with Crippen LogP contribution in [0.1, 0.15) is 19.4 Å². The summed E-state index contributed by atoms with van der Waals surface area (Å²) in [6, 6.07) is 20.3. The first-order valence-corrected chi connectivity index (χ1v) is 13.2. The van der Waals surface area contributed by atoms with Gasteiger partial charge in [0.05, 0.1) is 31.0 Å². The van der Waals surface area contributed by atoms with E-state index in [2.05, 4.69) is 29.3 Å². The third kappa shape index (κ3) is 6.79. The van der Waals surface area contributed by atoms with Gasteiger partial charge in [-0.1, -0.05) is 24.3 Å². The summed E-state index contributed by atoms with van der Waals surface area (Å²) in [7, 11) is -1.19. The smallest absolute Gasteiger partial charge is 0.264 e. The molecule has 0 atom stereocenters. The molecule has 37 heavy (non-hydrogen) atoms. The number of ether oxygens (including phenoxy) is 2. The Morgan fingerprint density at radius 1 is 0.919 bits per heavy atom. The number of amides is 1. The Morgan fingerprint density at radius 2 is 1.57 bits per heavy atom. The molecule has 3 rings (SSSR count). The van der Waals surface area contributed by atoms with Crippen molar-refractivity contribution < 1.29 is 22.7 Å². The number of hydrogen-bond donors (Lipinski definition) is 1. The molecular formula is C27H32N4O5S. The van der Waals surface area contributed by atoms with Crippen LogP contribution in [0, 0.1) is 0 Å². The van der Waals surface area contributed by atoms with Crippen molar-refractivity contribution in [2.24, 2.45) is 5.10 Å². The van der Waals surface area contributed by atoms with Gasteiger partial charge in [0.15, 0.2) is 0 Å². The van der Waals surface area contributed by atoms with E-state index in [-0.39, 0.29) is 10.6 Å². The standard InChI is InChI=1S/C27H32N4O5S/c1-5-30(6-2)22-13-11-21(12-14-22)19-28-29-27(32)20-31(25-9-7-8-10-26(25)36-4)37(33,34)24-17-15-23(35-3)16-18-24/h7-19H,5-6,20H2,1-4H3,(H,29,32)/b28-19-. The fourth-order valence-electron chi connectivity index (χ4n) is 3.71. The second-order valence-corrected chi connectivity index (χ2v) is 9.78. The Balaban J connectivity index is 1.81. The maximum atomic E-state index is 13.6. The van der Waals surface area contributed by atoms with Gasteiger partial charge in [0.1, 0.15) is 18.0 Å². The highest BCUT2D eigenvalue weighted by Gasteiger charge is 2.29. The zero-order valence-electron chi connectivity index (χ0n) is 21.4. The van der Waals surface area contributed by atoms with Gasteiger partial charge in [-0.2, -0.15) is 5.10 Å². The fraction of sp³-hybridized carbons (Fsp3) is 0.259. The molecule has 1 amide bonds. The van der Waals surface area contributed by atoms with Gasteiger partial charge in [0.25, 0.3) is 15.9 Å². The number of benzene rings is 3. The predicted octanol–water partition coefficient (Wildman–Crippen LogP) is 3.90. The molecule has 0 spiro atoms. The number of nitrogens with zero attached hydrogens (tertiary/aromatic N) is 3. The Bertz CT molecular complexity index is 1310. The van der Waals surface area contributed by atoms with Gasteiger partial charge < -0.3 is 14.4 Å². The molecule has 9 nitrogen and oxygen atoms in total. The van der Waals surface area contributed by atoms with E-state index >= 15 is 0 Å². The number of sulfonamides is 1. The number of hydrazone groups is 1. The largest absolute Gasteiger partial charge is 0.497 e. The summed E-state index contributed by atoms with van der Waals surface area (Å²) in [5.41, 5.74) is 4.55. The maximum Gasteiger partial charge on any atom is 0.264 e. The average Bonchev–Trinajstić information content (AvgIpc) is 2.93. The quantitative estimate of drug-likeness (QED) is 0.285. The second kappa shape index (κ2) is 12.8. The SMILES string of the molecule is CCN(CC)c1ccc(/C=N\NC(=O)CN(c2ccccc2OC)S(=O)(=O)c2ccc(OC)cc2)cc1. The van der Waals surface area contributed by atoms with Gasteiger partial charge >= 0.3 is 0 Å². The van der Waals surface area contributed by atoms with E-state index in [1.807, 2.05) is 24.3 Å². The average molecular weight is 525 g/mol. The zero-order valence-corrected chi connectivity index (χ0v) is 22.2. The topological polar surface area (TPSA) is 101 Å². The number of anilines is 2. The number of rotatable bonds is 12. The molecule has 0 aliphatic rings. The molecule has 1 N–H and O–H groups in total. The van der Waals surface area contributed by atoms with Crippen LogP contribution < -0.4 is 24.1 Å². The van der Waals surface area contributed by atoms with Crippen molar-refractivity contribution in [2.45, 2.75) is 18.7 Å². The first-order chi connectivity index (χ1) is 17.8. The van der Waals surface area contributed by atoms with Crippen LogP contribution in [0.4, 0.5) is 11.4 Å². The van der Waals surface area contributed by atoms with Crippen molar-refractivity contribution in [1.29, 1.82) is 0 Å². The number of carbonyl (C=O) groups excluding carboxylic acids is 1. The van der Waals surface area contributed by atoms with E-state index in [9.17, 15) is 13.2 Å².